The summed E-state index contributed by atoms with van der Waals surface area (Å²) in [5.74, 6) is -0.972. The molecule has 12 heteroatoms. The number of aromatic nitrogens is 3. The summed E-state index contributed by atoms with van der Waals surface area (Å²) in [6.45, 7) is 9.06. The molecule has 4 saturated heterocycles. The molecule has 2 atom stereocenters. The molecule has 6 heterocycles. The molecule has 7 rings (SSSR count). The second kappa shape index (κ2) is 10.7. The minimum absolute atomic E-state index is 0.00762. The standard InChI is InChI=1S/C32H39F2N7O3/c1-31(2,3)44-30(42)41-19-9-10-20(41)17-39(16-19)28-21-15-36-27(24-22(33)7-4-8-23(24)35)25(34)26(21)37-29(38-28)43-18-32-11-5-13-40(32)14-6-12-32/h4,7-8,15,19-20H,5-6,9-14,16-18,35H2,1-3H3. The number of ether oxygens (including phenoxy) is 2. The maximum atomic E-state index is 16.4. The summed E-state index contributed by atoms with van der Waals surface area (Å²) in [5, 5.41) is 0.389. The number of carbonyl (C=O) groups excluding carboxylic acids is 1. The maximum Gasteiger partial charge on any atom is 0.410 e. The number of carbonyl (C=O) groups is 1. The molecule has 1 aromatic carbocycles. The second-order valence-electron chi connectivity index (χ2n) is 13.6. The number of nitrogens with zero attached hydrogens (tertiary/aromatic N) is 6. The van der Waals surface area contributed by atoms with Crippen LogP contribution in [0.5, 0.6) is 6.01 Å². The van der Waals surface area contributed by atoms with Crippen molar-refractivity contribution in [2.45, 2.75) is 82.5 Å². The topological polar surface area (TPSA) is 110 Å². The molecule has 2 bridgehead atoms. The Hall–Kier alpha value is -3.80. The van der Waals surface area contributed by atoms with Gasteiger partial charge in [0.05, 0.1) is 28.6 Å². The van der Waals surface area contributed by atoms with E-state index in [1.807, 2.05) is 25.7 Å². The van der Waals surface area contributed by atoms with Crippen LogP contribution in [0.2, 0.25) is 0 Å². The highest BCUT2D eigenvalue weighted by molar-refractivity contribution is 5.93. The van der Waals surface area contributed by atoms with Crippen LogP contribution >= 0.6 is 0 Å². The molecule has 234 valence electrons. The SMILES string of the molecule is CC(C)(C)OC(=O)N1C2CCC1CN(c1nc(OCC34CCCN3CCC4)nc3c(F)c(-c4c(N)cccc4F)ncc13)C2. The molecule has 2 N–H and O–H groups in total. The number of fused-ring (bicyclic) bond motifs is 4. The van der Waals surface area contributed by atoms with Gasteiger partial charge in [0, 0.05) is 25.0 Å². The van der Waals surface area contributed by atoms with Gasteiger partial charge in [-0.1, -0.05) is 6.07 Å². The van der Waals surface area contributed by atoms with Gasteiger partial charge in [-0.15, -0.1) is 0 Å². The minimum Gasteiger partial charge on any atom is -0.461 e. The Bertz CT molecular complexity index is 1570. The van der Waals surface area contributed by atoms with E-state index in [2.05, 4.69) is 19.8 Å². The van der Waals surface area contributed by atoms with E-state index in [-0.39, 0.29) is 52.2 Å². The number of hydrogen-bond donors (Lipinski definition) is 1. The average molecular weight is 608 g/mol. The molecular formula is C32H39F2N7O3. The lowest BCUT2D eigenvalue weighted by Crippen LogP contribution is -2.57. The Balaban J connectivity index is 1.27. The Morgan fingerprint density at radius 2 is 1.80 bits per heavy atom. The first-order valence-electron chi connectivity index (χ1n) is 15.6. The number of hydrogen-bond acceptors (Lipinski definition) is 9. The molecule has 10 nitrogen and oxygen atoms in total. The zero-order chi connectivity index (χ0) is 30.8. The highest BCUT2D eigenvalue weighted by atomic mass is 19.1. The van der Waals surface area contributed by atoms with E-state index in [1.165, 1.54) is 24.4 Å². The van der Waals surface area contributed by atoms with Crippen LogP contribution in [0.15, 0.2) is 24.4 Å². The molecule has 0 spiro atoms. The number of pyridine rings is 1. The molecule has 4 fully saturated rings. The van der Waals surface area contributed by atoms with E-state index < -0.39 is 17.2 Å². The number of nitrogen functional groups attached to an aromatic ring is 1. The third-order valence-corrected chi connectivity index (χ3v) is 9.59. The van der Waals surface area contributed by atoms with E-state index in [9.17, 15) is 9.18 Å². The lowest BCUT2D eigenvalue weighted by molar-refractivity contribution is 0.0122. The first kappa shape index (κ1) is 28.9. The number of amides is 1. The fourth-order valence-corrected chi connectivity index (χ4v) is 7.64. The van der Waals surface area contributed by atoms with E-state index in [4.69, 9.17) is 20.2 Å². The summed E-state index contributed by atoms with van der Waals surface area (Å²) in [6, 6.07) is 4.11. The summed E-state index contributed by atoms with van der Waals surface area (Å²) in [6.07, 6.45) is 7.13. The Kier molecular flexibility index (Phi) is 7.02. The van der Waals surface area contributed by atoms with Gasteiger partial charge >= 0.3 is 12.1 Å². The summed E-state index contributed by atoms with van der Waals surface area (Å²) in [4.78, 5) is 33.2. The fourth-order valence-electron chi connectivity index (χ4n) is 7.64. The first-order chi connectivity index (χ1) is 21.0. The number of halogens is 2. The number of nitrogens with two attached hydrogens (primary N) is 1. The van der Waals surface area contributed by atoms with E-state index >= 15 is 4.39 Å². The van der Waals surface area contributed by atoms with Gasteiger partial charge in [-0.3, -0.25) is 14.8 Å². The van der Waals surface area contributed by atoms with Crippen LogP contribution in [0.25, 0.3) is 22.2 Å². The van der Waals surface area contributed by atoms with Crippen molar-refractivity contribution in [3.05, 3.63) is 36.0 Å². The Labute approximate surface area is 255 Å². The van der Waals surface area contributed by atoms with Crippen LogP contribution in [0.3, 0.4) is 0 Å². The lowest BCUT2D eigenvalue weighted by Gasteiger charge is -2.42. The average Bonchev–Trinajstić information content (AvgIpc) is 3.62. The van der Waals surface area contributed by atoms with Gasteiger partial charge < -0.3 is 20.1 Å². The summed E-state index contributed by atoms with van der Waals surface area (Å²) in [5.41, 5.74) is 5.16. The van der Waals surface area contributed by atoms with Crippen molar-refractivity contribution in [1.29, 1.82) is 0 Å². The number of rotatable bonds is 5. The summed E-state index contributed by atoms with van der Waals surface area (Å²) < 4.78 is 43.3. The van der Waals surface area contributed by atoms with Gasteiger partial charge in [-0.2, -0.15) is 9.97 Å². The maximum absolute atomic E-state index is 16.4. The fraction of sp³-hybridized carbons (Fsp3) is 0.562. The molecule has 2 unspecified atom stereocenters. The van der Waals surface area contributed by atoms with Gasteiger partial charge in [0.1, 0.15) is 35.1 Å². The Morgan fingerprint density at radius 3 is 2.45 bits per heavy atom. The summed E-state index contributed by atoms with van der Waals surface area (Å²) in [7, 11) is 0. The van der Waals surface area contributed by atoms with Crippen LogP contribution in [0.1, 0.15) is 59.3 Å². The highest BCUT2D eigenvalue weighted by Gasteiger charge is 2.46. The van der Waals surface area contributed by atoms with Crippen molar-refractivity contribution in [2.24, 2.45) is 0 Å². The van der Waals surface area contributed by atoms with Gasteiger partial charge in [0.15, 0.2) is 5.82 Å². The Morgan fingerprint density at radius 1 is 1.09 bits per heavy atom. The molecule has 4 aliphatic rings. The van der Waals surface area contributed by atoms with E-state index in [0.29, 0.717) is 30.9 Å². The molecule has 0 radical (unpaired) electrons. The van der Waals surface area contributed by atoms with Gasteiger partial charge in [0.25, 0.3) is 0 Å². The van der Waals surface area contributed by atoms with E-state index in [1.54, 1.807) is 0 Å². The molecule has 0 aliphatic carbocycles. The molecule has 1 amide bonds. The third-order valence-electron chi connectivity index (χ3n) is 9.59. The van der Waals surface area contributed by atoms with Crippen molar-refractivity contribution in [1.82, 2.24) is 24.8 Å². The van der Waals surface area contributed by atoms with E-state index in [0.717, 1.165) is 51.6 Å². The van der Waals surface area contributed by atoms with Gasteiger partial charge in [-0.05, 0) is 84.5 Å². The predicted octanol–water partition coefficient (Wildman–Crippen LogP) is 5.15. The predicted molar refractivity (Wildman–Crippen MR) is 162 cm³/mol. The van der Waals surface area contributed by atoms with Crippen molar-refractivity contribution in [2.75, 3.05) is 43.4 Å². The highest BCUT2D eigenvalue weighted by Crippen LogP contribution is 2.41. The molecule has 3 aromatic rings. The zero-order valence-electron chi connectivity index (χ0n) is 25.5. The molecule has 4 aliphatic heterocycles. The van der Waals surface area contributed by atoms with Crippen molar-refractivity contribution in [3.63, 3.8) is 0 Å². The van der Waals surface area contributed by atoms with Crippen LogP contribution in [0.4, 0.5) is 25.1 Å². The van der Waals surface area contributed by atoms with Crippen molar-refractivity contribution < 1.29 is 23.0 Å². The monoisotopic (exact) mass is 607 g/mol. The quantitative estimate of drug-likeness (QED) is 0.394. The normalized spacial score (nSPS) is 22.9. The second-order valence-corrected chi connectivity index (χ2v) is 13.6. The van der Waals surface area contributed by atoms with Gasteiger partial charge in [-0.25, -0.2) is 13.6 Å². The smallest absolute Gasteiger partial charge is 0.410 e. The molecule has 2 aromatic heterocycles. The van der Waals surface area contributed by atoms with Crippen molar-refractivity contribution >= 4 is 28.5 Å². The lowest BCUT2D eigenvalue weighted by atomic mass is 9.95. The minimum atomic E-state index is -0.787. The van der Waals surface area contributed by atoms with Crippen LogP contribution in [-0.4, -0.2) is 86.9 Å². The number of anilines is 2. The molecular weight excluding hydrogens is 568 g/mol. The third kappa shape index (κ3) is 4.96. The first-order valence-corrected chi connectivity index (χ1v) is 15.6. The van der Waals surface area contributed by atoms with Gasteiger partial charge in [0.2, 0.25) is 0 Å². The zero-order valence-corrected chi connectivity index (χ0v) is 25.5. The largest absolute Gasteiger partial charge is 0.461 e. The van der Waals surface area contributed by atoms with Crippen molar-refractivity contribution in [3.8, 4) is 17.3 Å². The summed E-state index contributed by atoms with van der Waals surface area (Å²) >= 11 is 0. The molecule has 44 heavy (non-hydrogen) atoms. The van der Waals surface area contributed by atoms with Crippen LogP contribution in [-0.2, 0) is 4.74 Å². The van der Waals surface area contributed by atoms with Crippen LogP contribution in [0, 0.1) is 11.6 Å². The number of benzene rings is 1. The number of piperazine rings is 1. The van der Waals surface area contributed by atoms with Crippen LogP contribution < -0.4 is 15.4 Å². The molecule has 0 saturated carbocycles.